The van der Waals surface area contributed by atoms with Gasteiger partial charge in [0.05, 0.1) is 5.41 Å². The average molecular weight is 212 g/mol. The normalized spacial score (nSPS) is 41.3. The van der Waals surface area contributed by atoms with Crippen molar-refractivity contribution in [3.05, 3.63) is 0 Å². The van der Waals surface area contributed by atoms with Gasteiger partial charge in [-0.15, -0.1) is 12.4 Å². The molecule has 2 atom stereocenters. The molecule has 4 heteroatoms. The molecule has 0 radical (unpaired) electrons. The lowest BCUT2D eigenvalue weighted by Crippen LogP contribution is -2.34. The number of hydrogen-bond acceptors (Lipinski definition) is 1. The minimum Gasteiger partial charge on any atom is -0.316 e. The SMILES string of the molecule is CCC1C(F)(F)C12CCCNC2.Cl. The molecule has 1 aliphatic heterocycles. The van der Waals surface area contributed by atoms with Crippen LogP contribution in [-0.4, -0.2) is 19.0 Å². The summed E-state index contributed by atoms with van der Waals surface area (Å²) in [7, 11) is 0. The predicted octanol–water partition coefficient (Wildman–Crippen LogP) is 2.45. The molecule has 1 nitrogen and oxygen atoms in total. The third-order valence-electron chi connectivity index (χ3n) is 3.51. The molecule has 1 heterocycles. The van der Waals surface area contributed by atoms with Gasteiger partial charge in [0.2, 0.25) is 0 Å². The maximum atomic E-state index is 13.3. The zero-order valence-corrected chi connectivity index (χ0v) is 8.59. The standard InChI is InChI=1S/C9H15F2N.ClH/c1-2-7-8(9(7,10)11)4-3-5-12-6-8;/h7,12H,2-6H2,1H3;1H. The van der Waals surface area contributed by atoms with Crippen molar-refractivity contribution in [3.63, 3.8) is 0 Å². The van der Waals surface area contributed by atoms with Crippen LogP contribution >= 0.6 is 12.4 Å². The second-order valence-corrected chi connectivity index (χ2v) is 4.02. The van der Waals surface area contributed by atoms with E-state index < -0.39 is 11.3 Å². The first-order valence-corrected chi connectivity index (χ1v) is 4.73. The molecule has 1 aliphatic carbocycles. The number of hydrogen-bond donors (Lipinski definition) is 1. The fourth-order valence-corrected chi connectivity index (χ4v) is 2.75. The molecule has 0 aromatic heterocycles. The largest absolute Gasteiger partial charge is 0.316 e. The minimum atomic E-state index is -2.38. The van der Waals surface area contributed by atoms with Crippen LogP contribution in [0.2, 0.25) is 0 Å². The molecule has 0 bridgehead atoms. The first-order valence-electron chi connectivity index (χ1n) is 4.73. The minimum absolute atomic E-state index is 0. The lowest BCUT2D eigenvalue weighted by molar-refractivity contribution is 0.0482. The summed E-state index contributed by atoms with van der Waals surface area (Å²) in [5, 5.41) is 3.08. The lowest BCUT2D eigenvalue weighted by Gasteiger charge is -2.22. The Balaban J connectivity index is 0.000000845. The van der Waals surface area contributed by atoms with Crippen LogP contribution in [0.4, 0.5) is 8.78 Å². The van der Waals surface area contributed by atoms with Gasteiger partial charge in [-0.1, -0.05) is 6.92 Å². The van der Waals surface area contributed by atoms with Crippen LogP contribution in [0.3, 0.4) is 0 Å². The molecule has 1 N–H and O–H groups in total. The zero-order chi connectivity index (χ0) is 8.82. The monoisotopic (exact) mass is 211 g/mol. The van der Waals surface area contributed by atoms with E-state index in [1.807, 2.05) is 6.92 Å². The molecule has 0 amide bonds. The van der Waals surface area contributed by atoms with Crippen molar-refractivity contribution in [2.45, 2.75) is 32.1 Å². The fourth-order valence-electron chi connectivity index (χ4n) is 2.75. The number of alkyl halides is 2. The summed E-state index contributed by atoms with van der Waals surface area (Å²) < 4.78 is 26.6. The van der Waals surface area contributed by atoms with Crippen molar-refractivity contribution in [2.24, 2.45) is 11.3 Å². The number of nitrogens with one attached hydrogen (secondary N) is 1. The van der Waals surface area contributed by atoms with Gasteiger partial charge in [-0.25, -0.2) is 8.78 Å². The van der Waals surface area contributed by atoms with Gasteiger partial charge in [0, 0.05) is 12.5 Å². The van der Waals surface area contributed by atoms with E-state index in [0.717, 1.165) is 13.0 Å². The highest BCUT2D eigenvalue weighted by atomic mass is 35.5. The van der Waals surface area contributed by atoms with E-state index in [1.165, 1.54) is 0 Å². The highest BCUT2D eigenvalue weighted by Crippen LogP contribution is 2.69. The molecular weight excluding hydrogens is 196 g/mol. The molecular formula is C9H16ClF2N. The zero-order valence-electron chi connectivity index (χ0n) is 7.78. The number of halogens is 3. The molecule has 2 rings (SSSR count). The topological polar surface area (TPSA) is 12.0 Å². The highest BCUT2D eigenvalue weighted by Gasteiger charge is 2.78. The Bertz CT molecular complexity index is 190. The first kappa shape index (κ1) is 11.2. The molecule has 0 aromatic carbocycles. The predicted molar refractivity (Wildman–Crippen MR) is 50.5 cm³/mol. The second-order valence-electron chi connectivity index (χ2n) is 4.02. The van der Waals surface area contributed by atoms with E-state index in [-0.39, 0.29) is 18.3 Å². The summed E-state index contributed by atoms with van der Waals surface area (Å²) in [5.41, 5.74) is -0.653. The maximum Gasteiger partial charge on any atom is 0.258 e. The highest BCUT2D eigenvalue weighted by molar-refractivity contribution is 5.85. The van der Waals surface area contributed by atoms with E-state index in [9.17, 15) is 8.78 Å². The van der Waals surface area contributed by atoms with Gasteiger partial charge in [0.15, 0.2) is 0 Å². The van der Waals surface area contributed by atoms with E-state index in [1.54, 1.807) is 0 Å². The molecule has 0 aromatic rings. The van der Waals surface area contributed by atoms with Crippen molar-refractivity contribution >= 4 is 12.4 Å². The number of rotatable bonds is 1. The second kappa shape index (κ2) is 3.35. The summed E-state index contributed by atoms with van der Waals surface area (Å²) >= 11 is 0. The third-order valence-corrected chi connectivity index (χ3v) is 3.51. The van der Waals surface area contributed by atoms with Crippen LogP contribution in [0.15, 0.2) is 0 Å². The first-order chi connectivity index (χ1) is 5.65. The average Bonchev–Trinajstić information content (AvgIpc) is 2.49. The quantitative estimate of drug-likeness (QED) is 0.703. The molecule has 13 heavy (non-hydrogen) atoms. The Morgan fingerprint density at radius 2 is 2.15 bits per heavy atom. The molecule has 1 saturated carbocycles. The van der Waals surface area contributed by atoms with Crippen LogP contribution < -0.4 is 5.32 Å². The van der Waals surface area contributed by atoms with Gasteiger partial charge in [-0.3, -0.25) is 0 Å². The van der Waals surface area contributed by atoms with Gasteiger partial charge < -0.3 is 5.32 Å². The van der Waals surface area contributed by atoms with E-state index >= 15 is 0 Å². The Morgan fingerprint density at radius 3 is 2.54 bits per heavy atom. The molecule has 78 valence electrons. The lowest BCUT2D eigenvalue weighted by atomic mass is 9.92. The Hall–Kier alpha value is 0.110. The Kier molecular flexibility index (Phi) is 2.89. The smallest absolute Gasteiger partial charge is 0.258 e. The van der Waals surface area contributed by atoms with Crippen molar-refractivity contribution in [2.75, 3.05) is 13.1 Å². The molecule has 1 saturated heterocycles. The third kappa shape index (κ3) is 1.28. The van der Waals surface area contributed by atoms with Crippen molar-refractivity contribution < 1.29 is 8.78 Å². The van der Waals surface area contributed by atoms with Crippen LogP contribution in [0.5, 0.6) is 0 Å². The van der Waals surface area contributed by atoms with E-state index in [2.05, 4.69) is 5.32 Å². The molecule has 2 unspecified atom stereocenters. The molecule has 2 aliphatic rings. The fraction of sp³-hybridized carbons (Fsp3) is 1.00. The summed E-state index contributed by atoms with van der Waals surface area (Å²) in [5.74, 6) is -2.73. The van der Waals surface area contributed by atoms with Gasteiger partial charge in [-0.2, -0.15) is 0 Å². The van der Waals surface area contributed by atoms with Crippen LogP contribution in [-0.2, 0) is 0 Å². The summed E-state index contributed by atoms with van der Waals surface area (Å²) in [6.45, 7) is 3.30. The Morgan fingerprint density at radius 1 is 1.46 bits per heavy atom. The summed E-state index contributed by atoms with van der Waals surface area (Å²) in [6, 6.07) is 0. The van der Waals surface area contributed by atoms with E-state index in [0.29, 0.717) is 19.4 Å². The van der Waals surface area contributed by atoms with Crippen molar-refractivity contribution in [3.8, 4) is 0 Å². The van der Waals surface area contributed by atoms with E-state index in [4.69, 9.17) is 0 Å². The Labute approximate surface area is 83.7 Å². The summed E-state index contributed by atoms with van der Waals surface area (Å²) in [6.07, 6.45) is 2.24. The molecule has 2 fully saturated rings. The van der Waals surface area contributed by atoms with Gasteiger partial charge in [0.1, 0.15) is 0 Å². The van der Waals surface area contributed by atoms with Crippen molar-refractivity contribution in [1.29, 1.82) is 0 Å². The maximum absolute atomic E-state index is 13.3. The van der Waals surface area contributed by atoms with Crippen LogP contribution in [0.25, 0.3) is 0 Å². The summed E-state index contributed by atoms with van der Waals surface area (Å²) in [4.78, 5) is 0. The van der Waals surface area contributed by atoms with Crippen molar-refractivity contribution in [1.82, 2.24) is 5.32 Å². The number of piperidine rings is 1. The van der Waals surface area contributed by atoms with Crippen LogP contribution in [0, 0.1) is 11.3 Å². The van der Waals surface area contributed by atoms with Gasteiger partial charge >= 0.3 is 0 Å². The van der Waals surface area contributed by atoms with Gasteiger partial charge in [-0.05, 0) is 25.8 Å². The molecule has 1 spiro atoms. The van der Waals surface area contributed by atoms with Crippen LogP contribution in [0.1, 0.15) is 26.2 Å². The van der Waals surface area contributed by atoms with Gasteiger partial charge in [0.25, 0.3) is 5.92 Å².